The molecule has 1 aliphatic heterocycles. The number of aromatic nitrogens is 2. The van der Waals surface area contributed by atoms with Crippen LogP contribution in [0.1, 0.15) is 18.1 Å². The number of benzene rings is 1. The van der Waals surface area contributed by atoms with E-state index in [9.17, 15) is 10.1 Å². The maximum Gasteiger partial charge on any atom is 0.269 e. The first kappa shape index (κ1) is 16.3. The van der Waals surface area contributed by atoms with Gasteiger partial charge in [0.25, 0.3) is 5.69 Å². The van der Waals surface area contributed by atoms with Gasteiger partial charge in [0, 0.05) is 57.3 Å². The number of hydrogen-bond acceptors (Lipinski definition) is 6. The highest BCUT2D eigenvalue weighted by atomic mass is 16.6. The molecule has 0 amide bonds. The summed E-state index contributed by atoms with van der Waals surface area (Å²) < 4.78 is 0. The van der Waals surface area contributed by atoms with Crippen molar-refractivity contribution < 1.29 is 4.92 Å². The van der Waals surface area contributed by atoms with Gasteiger partial charge in [-0.15, -0.1) is 0 Å². The van der Waals surface area contributed by atoms with Crippen molar-refractivity contribution in [3.05, 3.63) is 57.9 Å². The second kappa shape index (κ2) is 7.35. The summed E-state index contributed by atoms with van der Waals surface area (Å²) in [6.45, 7) is 6.32. The molecule has 2 aromatic rings. The molecule has 7 heteroatoms. The largest absolute Gasteiger partial charge is 0.338 e. The Morgan fingerprint density at radius 2 is 1.83 bits per heavy atom. The fourth-order valence-electron chi connectivity index (χ4n) is 2.83. The number of nitro benzene ring substituents is 1. The van der Waals surface area contributed by atoms with E-state index in [0.717, 1.165) is 56.2 Å². The SMILES string of the molecule is CCc1cnc(N2CCN(Cc3cccc([N+](=O)[O-])c3)CC2)nc1. The molecule has 1 saturated heterocycles. The van der Waals surface area contributed by atoms with Crippen molar-refractivity contribution in [1.82, 2.24) is 14.9 Å². The Morgan fingerprint density at radius 1 is 1.12 bits per heavy atom. The van der Waals surface area contributed by atoms with Gasteiger partial charge in [-0.1, -0.05) is 19.1 Å². The lowest BCUT2D eigenvalue weighted by molar-refractivity contribution is -0.384. The number of hydrogen-bond donors (Lipinski definition) is 0. The quantitative estimate of drug-likeness (QED) is 0.619. The second-order valence-electron chi connectivity index (χ2n) is 5.94. The maximum absolute atomic E-state index is 10.9. The molecule has 0 aliphatic carbocycles. The molecule has 0 radical (unpaired) electrons. The Morgan fingerprint density at radius 3 is 2.46 bits per heavy atom. The molecule has 7 nitrogen and oxygen atoms in total. The summed E-state index contributed by atoms with van der Waals surface area (Å²) in [7, 11) is 0. The van der Waals surface area contributed by atoms with Crippen LogP contribution in [0.3, 0.4) is 0 Å². The smallest absolute Gasteiger partial charge is 0.269 e. The fraction of sp³-hybridized carbons (Fsp3) is 0.412. The monoisotopic (exact) mass is 327 g/mol. The number of nitrogens with zero attached hydrogens (tertiary/aromatic N) is 5. The number of piperazine rings is 1. The molecule has 0 spiro atoms. The highest BCUT2D eigenvalue weighted by molar-refractivity contribution is 5.34. The summed E-state index contributed by atoms with van der Waals surface area (Å²) in [6.07, 6.45) is 4.72. The van der Waals surface area contributed by atoms with Gasteiger partial charge >= 0.3 is 0 Å². The third-order valence-corrected chi connectivity index (χ3v) is 4.28. The zero-order chi connectivity index (χ0) is 16.9. The van der Waals surface area contributed by atoms with Crippen LogP contribution in [0.15, 0.2) is 36.7 Å². The van der Waals surface area contributed by atoms with E-state index in [-0.39, 0.29) is 10.6 Å². The molecule has 2 heterocycles. The zero-order valence-corrected chi connectivity index (χ0v) is 13.8. The third kappa shape index (κ3) is 3.86. The van der Waals surface area contributed by atoms with Crippen LogP contribution in [-0.4, -0.2) is 46.0 Å². The summed E-state index contributed by atoms with van der Waals surface area (Å²) in [5.41, 5.74) is 2.26. The lowest BCUT2D eigenvalue weighted by Crippen LogP contribution is -2.46. The minimum absolute atomic E-state index is 0.149. The van der Waals surface area contributed by atoms with Crippen LogP contribution in [0.25, 0.3) is 0 Å². The van der Waals surface area contributed by atoms with Crippen molar-refractivity contribution in [2.75, 3.05) is 31.1 Å². The molecule has 3 rings (SSSR count). The summed E-state index contributed by atoms with van der Waals surface area (Å²) in [6, 6.07) is 6.86. The van der Waals surface area contributed by atoms with Crippen LogP contribution in [0, 0.1) is 10.1 Å². The van der Waals surface area contributed by atoms with Crippen molar-refractivity contribution in [3.8, 4) is 0 Å². The highest BCUT2D eigenvalue weighted by Crippen LogP contribution is 2.17. The molecule has 1 aromatic carbocycles. The molecule has 1 aliphatic rings. The molecule has 1 fully saturated rings. The van der Waals surface area contributed by atoms with Gasteiger partial charge in [-0.25, -0.2) is 9.97 Å². The Labute approximate surface area is 141 Å². The Bertz CT molecular complexity index is 696. The first-order chi connectivity index (χ1) is 11.7. The van der Waals surface area contributed by atoms with E-state index in [0.29, 0.717) is 0 Å². The minimum atomic E-state index is -0.348. The van der Waals surface area contributed by atoms with Gasteiger partial charge < -0.3 is 4.90 Å². The molecular weight excluding hydrogens is 306 g/mol. The van der Waals surface area contributed by atoms with Crippen LogP contribution < -0.4 is 4.90 Å². The van der Waals surface area contributed by atoms with E-state index in [1.807, 2.05) is 18.5 Å². The number of non-ortho nitro benzene ring substituents is 1. The van der Waals surface area contributed by atoms with E-state index >= 15 is 0 Å². The minimum Gasteiger partial charge on any atom is -0.338 e. The first-order valence-electron chi connectivity index (χ1n) is 8.17. The van der Waals surface area contributed by atoms with Crippen LogP contribution in [0.5, 0.6) is 0 Å². The van der Waals surface area contributed by atoms with Crippen molar-refractivity contribution >= 4 is 11.6 Å². The predicted molar refractivity (Wildman–Crippen MR) is 92.0 cm³/mol. The number of rotatable bonds is 5. The van der Waals surface area contributed by atoms with Gasteiger partial charge in [0.1, 0.15) is 0 Å². The molecular formula is C17H21N5O2. The van der Waals surface area contributed by atoms with Crippen molar-refractivity contribution in [2.45, 2.75) is 19.9 Å². The summed E-state index contributed by atoms with van der Waals surface area (Å²) in [5, 5.41) is 10.9. The van der Waals surface area contributed by atoms with Crippen LogP contribution in [0.4, 0.5) is 11.6 Å². The first-order valence-corrected chi connectivity index (χ1v) is 8.17. The van der Waals surface area contributed by atoms with Gasteiger partial charge in [0.2, 0.25) is 5.95 Å². The van der Waals surface area contributed by atoms with Gasteiger partial charge in [-0.05, 0) is 17.5 Å². The van der Waals surface area contributed by atoms with Gasteiger partial charge in [-0.2, -0.15) is 0 Å². The maximum atomic E-state index is 10.9. The molecule has 0 N–H and O–H groups in total. The fourth-order valence-corrected chi connectivity index (χ4v) is 2.83. The summed E-state index contributed by atoms with van der Waals surface area (Å²) in [5.74, 6) is 0.780. The van der Waals surface area contributed by atoms with E-state index in [4.69, 9.17) is 0 Å². The lowest BCUT2D eigenvalue weighted by atomic mass is 10.2. The Kier molecular flexibility index (Phi) is 5.00. The number of anilines is 1. The lowest BCUT2D eigenvalue weighted by Gasteiger charge is -2.34. The standard InChI is InChI=1S/C17H21N5O2/c1-2-14-11-18-17(19-12-14)21-8-6-20(7-9-21)13-15-4-3-5-16(10-15)22(23)24/h3-5,10-12H,2,6-9,13H2,1H3. The van der Waals surface area contributed by atoms with Gasteiger partial charge in [0.15, 0.2) is 0 Å². The van der Waals surface area contributed by atoms with Gasteiger partial charge in [0.05, 0.1) is 4.92 Å². The van der Waals surface area contributed by atoms with Crippen LogP contribution in [0.2, 0.25) is 0 Å². The normalized spacial score (nSPS) is 15.5. The van der Waals surface area contributed by atoms with Crippen molar-refractivity contribution in [1.29, 1.82) is 0 Å². The predicted octanol–water partition coefficient (Wildman–Crippen LogP) is 2.27. The molecule has 24 heavy (non-hydrogen) atoms. The number of aryl methyl sites for hydroxylation is 1. The molecule has 0 bridgehead atoms. The Balaban J connectivity index is 1.56. The van der Waals surface area contributed by atoms with E-state index < -0.39 is 0 Å². The van der Waals surface area contributed by atoms with Gasteiger partial charge in [-0.3, -0.25) is 15.0 Å². The molecule has 126 valence electrons. The second-order valence-corrected chi connectivity index (χ2v) is 5.94. The zero-order valence-electron chi connectivity index (χ0n) is 13.8. The topological polar surface area (TPSA) is 75.4 Å². The molecule has 0 unspecified atom stereocenters. The molecule has 0 saturated carbocycles. The van der Waals surface area contributed by atoms with E-state index in [1.54, 1.807) is 12.1 Å². The van der Waals surface area contributed by atoms with E-state index in [1.165, 1.54) is 6.07 Å². The number of nitro groups is 1. The van der Waals surface area contributed by atoms with Crippen LogP contribution >= 0.6 is 0 Å². The van der Waals surface area contributed by atoms with Crippen molar-refractivity contribution in [2.24, 2.45) is 0 Å². The Hall–Kier alpha value is -2.54. The van der Waals surface area contributed by atoms with E-state index in [2.05, 4.69) is 26.7 Å². The average Bonchev–Trinajstić information content (AvgIpc) is 2.63. The molecule has 0 atom stereocenters. The third-order valence-electron chi connectivity index (χ3n) is 4.28. The highest BCUT2D eigenvalue weighted by Gasteiger charge is 2.19. The van der Waals surface area contributed by atoms with Crippen LogP contribution in [-0.2, 0) is 13.0 Å². The summed E-state index contributed by atoms with van der Waals surface area (Å²) >= 11 is 0. The van der Waals surface area contributed by atoms with Crippen molar-refractivity contribution in [3.63, 3.8) is 0 Å². The summed E-state index contributed by atoms with van der Waals surface area (Å²) in [4.78, 5) is 23.9. The molecule has 1 aromatic heterocycles. The average molecular weight is 327 g/mol.